The number of carbonyl (C=O) groups is 1. The Labute approximate surface area is 135 Å². The molecule has 122 valence electrons. The van der Waals surface area contributed by atoms with Crippen LogP contribution in [-0.2, 0) is 4.79 Å². The van der Waals surface area contributed by atoms with Crippen LogP contribution in [-0.4, -0.2) is 30.4 Å². The number of methoxy groups -OCH3 is 2. The number of benzene rings is 2. The maximum absolute atomic E-state index is 11.0. The minimum absolute atomic E-state index is 0.0322. The van der Waals surface area contributed by atoms with Crippen molar-refractivity contribution in [2.45, 2.75) is 19.3 Å². The Bertz CT molecular complexity index is 691. The summed E-state index contributed by atoms with van der Waals surface area (Å²) in [4.78, 5) is 11.0. The van der Waals surface area contributed by atoms with Gasteiger partial charge in [-0.3, -0.25) is 4.79 Å². The largest absolute Gasteiger partial charge is 0.508 e. The lowest BCUT2D eigenvalue weighted by Gasteiger charge is -2.18. The topological polar surface area (TPSA) is 76.0 Å². The Balaban J connectivity index is 2.58. The summed E-state index contributed by atoms with van der Waals surface area (Å²) in [5.41, 5.74) is 2.49. The molecule has 0 heterocycles. The monoisotopic (exact) mass is 316 g/mol. The molecule has 1 unspecified atom stereocenters. The molecule has 0 aliphatic carbocycles. The average molecular weight is 316 g/mol. The van der Waals surface area contributed by atoms with Gasteiger partial charge < -0.3 is 19.7 Å². The average Bonchev–Trinajstić information content (AvgIpc) is 2.53. The molecule has 0 radical (unpaired) electrons. The van der Waals surface area contributed by atoms with Crippen LogP contribution >= 0.6 is 0 Å². The van der Waals surface area contributed by atoms with Crippen LogP contribution in [0.5, 0.6) is 17.2 Å². The zero-order chi connectivity index (χ0) is 17.0. The number of aliphatic carboxylic acids is 1. The second-order valence-corrected chi connectivity index (χ2v) is 5.35. The molecule has 0 amide bonds. The Morgan fingerprint density at radius 1 is 1.13 bits per heavy atom. The predicted molar refractivity (Wildman–Crippen MR) is 87.3 cm³/mol. The summed E-state index contributed by atoms with van der Waals surface area (Å²) < 4.78 is 10.9. The van der Waals surface area contributed by atoms with Crippen LogP contribution in [0.1, 0.15) is 24.8 Å². The molecule has 2 rings (SSSR count). The van der Waals surface area contributed by atoms with Gasteiger partial charge in [-0.1, -0.05) is 19.1 Å². The molecule has 2 N–H and O–H groups in total. The van der Waals surface area contributed by atoms with E-state index in [0.29, 0.717) is 11.5 Å². The molecule has 2 aromatic rings. The van der Waals surface area contributed by atoms with E-state index in [2.05, 4.69) is 0 Å². The summed E-state index contributed by atoms with van der Waals surface area (Å²) in [6.07, 6.45) is 0.0322. The summed E-state index contributed by atoms with van der Waals surface area (Å²) in [6, 6.07) is 10.4. The quantitative estimate of drug-likeness (QED) is 0.850. The standard InChI is InChI=1S/C18H20O5/c1-11(8-17(20)21)13-9-15(12-4-6-14(19)7-5-12)18(23-3)16(10-13)22-2/h4-7,9-11,19H,8H2,1-3H3,(H,20,21). The number of hydrogen-bond acceptors (Lipinski definition) is 4. The number of aromatic hydroxyl groups is 1. The molecule has 0 aliphatic rings. The van der Waals surface area contributed by atoms with Crippen molar-refractivity contribution in [3.63, 3.8) is 0 Å². The van der Waals surface area contributed by atoms with Crippen molar-refractivity contribution >= 4 is 5.97 Å². The molecule has 0 spiro atoms. The smallest absolute Gasteiger partial charge is 0.303 e. The van der Waals surface area contributed by atoms with Gasteiger partial charge in [0.1, 0.15) is 5.75 Å². The van der Waals surface area contributed by atoms with Gasteiger partial charge in [-0.25, -0.2) is 0 Å². The van der Waals surface area contributed by atoms with E-state index in [1.165, 1.54) is 0 Å². The highest BCUT2D eigenvalue weighted by molar-refractivity contribution is 5.76. The van der Waals surface area contributed by atoms with Crippen LogP contribution in [0, 0.1) is 0 Å². The molecule has 0 fully saturated rings. The third kappa shape index (κ3) is 3.74. The van der Waals surface area contributed by atoms with Crippen molar-refractivity contribution < 1.29 is 24.5 Å². The molecule has 5 nitrogen and oxygen atoms in total. The highest BCUT2D eigenvalue weighted by Crippen LogP contribution is 2.41. The number of hydrogen-bond donors (Lipinski definition) is 2. The van der Waals surface area contributed by atoms with Gasteiger partial charge in [0.25, 0.3) is 0 Å². The van der Waals surface area contributed by atoms with E-state index in [0.717, 1.165) is 16.7 Å². The lowest BCUT2D eigenvalue weighted by molar-refractivity contribution is -0.137. The van der Waals surface area contributed by atoms with Gasteiger partial charge in [0.2, 0.25) is 0 Å². The fourth-order valence-electron chi connectivity index (χ4n) is 2.51. The lowest BCUT2D eigenvalue weighted by Crippen LogP contribution is -2.04. The highest BCUT2D eigenvalue weighted by atomic mass is 16.5. The minimum atomic E-state index is -0.849. The van der Waals surface area contributed by atoms with Crippen LogP contribution in [0.25, 0.3) is 11.1 Å². The minimum Gasteiger partial charge on any atom is -0.508 e. The predicted octanol–water partition coefficient (Wildman–Crippen LogP) is 3.65. The van der Waals surface area contributed by atoms with E-state index >= 15 is 0 Å². The van der Waals surface area contributed by atoms with E-state index < -0.39 is 5.97 Å². The van der Waals surface area contributed by atoms with E-state index in [1.807, 2.05) is 13.0 Å². The third-order valence-electron chi connectivity index (χ3n) is 3.73. The number of phenols is 1. The van der Waals surface area contributed by atoms with Crippen molar-refractivity contribution in [2.24, 2.45) is 0 Å². The number of carboxylic acid groups (broad SMARTS) is 1. The SMILES string of the molecule is COc1cc(C(C)CC(=O)O)cc(-c2ccc(O)cc2)c1OC. The van der Waals surface area contributed by atoms with Crippen molar-refractivity contribution in [2.75, 3.05) is 14.2 Å². The summed E-state index contributed by atoms with van der Waals surface area (Å²) >= 11 is 0. The normalized spacial score (nSPS) is 11.8. The number of carboxylic acids is 1. The molecule has 5 heteroatoms. The zero-order valence-corrected chi connectivity index (χ0v) is 13.4. The van der Waals surface area contributed by atoms with Crippen molar-refractivity contribution in [3.8, 4) is 28.4 Å². The first-order chi connectivity index (χ1) is 11.0. The van der Waals surface area contributed by atoms with Crippen molar-refractivity contribution in [1.29, 1.82) is 0 Å². The first-order valence-corrected chi connectivity index (χ1v) is 7.23. The Morgan fingerprint density at radius 3 is 2.30 bits per heavy atom. The Morgan fingerprint density at radius 2 is 1.78 bits per heavy atom. The molecule has 0 saturated heterocycles. The van der Waals surface area contributed by atoms with E-state index in [4.69, 9.17) is 14.6 Å². The molecule has 0 aromatic heterocycles. The maximum Gasteiger partial charge on any atom is 0.303 e. The number of rotatable bonds is 6. The molecule has 0 saturated carbocycles. The van der Waals surface area contributed by atoms with Crippen LogP contribution in [0.3, 0.4) is 0 Å². The number of phenolic OH excluding ortho intramolecular Hbond substituents is 1. The molecular formula is C18H20O5. The second kappa shape index (κ2) is 7.05. The van der Waals surface area contributed by atoms with Gasteiger partial charge in [-0.2, -0.15) is 0 Å². The summed E-state index contributed by atoms with van der Waals surface area (Å²) in [7, 11) is 3.10. The summed E-state index contributed by atoms with van der Waals surface area (Å²) in [6.45, 7) is 1.86. The molecular weight excluding hydrogens is 296 g/mol. The van der Waals surface area contributed by atoms with Gasteiger partial charge in [-0.05, 0) is 41.3 Å². The van der Waals surface area contributed by atoms with Gasteiger partial charge in [0.05, 0.1) is 20.6 Å². The molecule has 2 aromatic carbocycles. The second-order valence-electron chi connectivity index (χ2n) is 5.35. The first-order valence-electron chi connectivity index (χ1n) is 7.23. The molecule has 1 atom stereocenters. The maximum atomic E-state index is 11.0. The first kappa shape index (κ1) is 16.7. The van der Waals surface area contributed by atoms with Gasteiger partial charge in [0.15, 0.2) is 11.5 Å². The Kier molecular flexibility index (Phi) is 5.11. The molecule has 0 aliphatic heterocycles. The summed E-state index contributed by atoms with van der Waals surface area (Å²) in [5.74, 6) is 0.284. The van der Waals surface area contributed by atoms with Gasteiger partial charge in [0, 0.05) is 5.56 Å². The van der Waals surface area contributed by atoms with E-state index in [9.17, 15) is 9.90 Å². The van der Waals surface area contributed by atoms with Gasteiger partial charge >= 0.3 is 5.97 Å². The zero-order valence-electron chi connectivity index (χ0n) is 13.4. The van der Waals surface area contributed by atoms with E-state index in [1.54, 1.807) is 44.6 Å². The lowest BCUT2D eigenvalue weighted by atomic mass is 9.93. The van der Waals surface area contributed by atoms with Crippen LogP contribution in [0.2, 0.25) is 0 Å². The highest BCUT2D eigenvalue weighted by Gasteiger charge is 2.18. The van der Waals surface area contributed by atoms with Crippen LogP contribution in [0.15, 0.2) is 36.4 Å². The fraction of sp³-hybridized carbons (Fsp3) is 0.278. The van der Waals surface area contributed by atoms with Crippen LogP contribution in [0.4, 0.5) is 0 Å². The van der Waals surface area contributed by atoms with Crippen LogP contribution < -0.4 is 9.47 Å². The van der Waals surface area contributed by atoms with Crippen molar-refractivity contribution in [1.82, 2.24) is 0 Å². The molecule has 0 bridgehead atoms. The van der Waals surface area contributed by atoms with E-state index in [-0.39, 0.29) is 18.1 Å². The Hall–Kier alpha value is -2.69. The summed E-state index contributed by atoms with van der Waals surface area (Å²) in [5, 5.41) is 18.5. The third-order valence-corrected chi connectivity index (χ3v) is 3.73. The number of ether oxygens (including phenoxy) is 2. The fourth-order valence-corrected chi connectivity index (χ4v) is 2.51. The van der Waals surface area contributed by atoms with Gasteiger partial charge in [-0.15, -0.1) is 0 Å². The molecule has 23 heavy (non-hydrogen) atoms. The van der Waals surface area contributed by atoms with Crippen molar-refractivity contribution in [3.05, 3.63) is 42.0 Å².